The van der Waals surface area contributed by atoms with Gasteiger partial charge in [-0.1, -0.05) is 0 Å². The summed E-state index contributed by atoms with van der Waals surface area (Å²) < 4.78 is 26.9. The Kier molecular flexibility index (Phi) is 3.57. The zero-order valence-electron chi connectivity index (χ0n) is 12.6. The summed E-state index contributed by atoms with van der Waals surface area (Å²) in [4.78, 5) is 12.9. The van der Waals surface area contributed by atoms with Crippen LogP contribution in [0, 0.1) is 11.6 Å². The average Bonchev–Trinajstić information content (AvgIpc) is 3.04. The Balaban J connectivity index is 1.50. The fraction of sp³-hybridized carbons (Fsp3) is 0.375. The molecule has 0 unspecified atom stereocenters. The Morgan fingerprint density at radius 1 is 0.957 bits per heavy atom. The molecule has 0 bridgehead atoms. The van der Waals surface area contributed by atoms with E-state index in [-0.39, 0.29) is 0 Å². The maximum Gasteiger partial charge on any atom is 0.149 e. The number of aromatic nitrogens is 2. The highest BCUT2D eigenvalue weighted by atomic mass is 19.1. The van der Waals surface area contributed by atoms with Crippen LogP contribution < -0.4 is 15.1 Å². The number of nitrogens with zero attached hydrogens (tertiary/aromatic N) is 4. The number of fused-ring (bicyclic) bond motifs is 1. The van der Waals surface area contributed by atoms with Gasteiger partial charge in [0.2, 0.25) is 0 Å². The summed E-state index contributed by atoms with van der Waals surface area (Å²) in [6.07, 6.45) is 1.60. The lowest BCUT2D eigenvalue weighted by atomic mass is 10.2. The minimum atomic E-state index is -0.547. The van der Waals surface area contributed by atoms with Crippen molar-refractivity contribution in [1.82, 2.24) is 15.3 Å². The topological polar surface area (TPSA) is 44.3 Å². The SMILES string of the molecule is Fc1ccc(N2CCN(c3ncnc4c3CNC4)CC2)c(F)c1. The van der Waals surface area contributed by atoms with Crippen LogP contribution in [0.2, 0.25) is 0 Å². The average molecular weight is 317 g/mol. The predicted octanol–water partition coefficient (Wildman–Crippen LogP) is 1.68. The fourth-order valence-corrected chi connectivity index (χ4v) is 3.25. The highest BCUT2D eigenvalue weighted by Crippen LogP contribution is 2.26. The molecule has 0 aliphatic carbocycles. The van der Waals surface area contributed by atoms with Crippen molar-refractivity contribution < 1.29 is 8.78 Å². The van der Waals surface area contributed by atoms with E-state index in [0.29, 0.717) is 18.8 Å². The molecule has 0 amide bonds. The molecule has 1 fully saturated rings. The van der Waals surface area contributed by atoms with Crippen LogP contribution in [0.4, 0.5) is 20.3 Å². The first-order chi connectivity index (χ1) is 11.2. The van der Waals surface area contributed by atoms with Gasteiger partial charge >= 0.3 is 0 Å². The van der Waals surface area contributed by atoms with Crippen molar-refractivity contribution in [3.05, 3.63) is 47.4 Å². The monoisotopic (exact) mass is 317 g/mol. The minimum absolute atomic E-state index is 0.459. The molecule has 0 spiro atoms. The van der Waals surface area contributed by atoms with Crippen molar-refractivity contribution >= 4 is 11.5 Å². The van der Waals surface area contributed by atoms with Crippen molar-refractivity contribution in [3.63, 3.8) is 0 Å². The molecule has 2 aliphatic heterocycles. The van der Waals surface area contributed by atoms with Crippen LogP contribution in [-0.2, 0) is 13.1 Å². The smallest absolute Gasteiger partial charge is 0.149 e. The third kappa shape index (κ3) is 2.61. The largest absolute Gasteiger partial charge is 0.366 e. The maximum absolute atomic E-state index is 13.9. The Morgan fingerprint density at radius 2 is 1.74 bits per heavy atom. The zero-order valence-corrected chi connectivity index (χ0v) is 12.6. The molecule has 120 valence electrons. The first kappa shape index (κ1) is 14.3. The fourth-order valence-electron chi connectivity index (χ4n) is 3.25. The number of hydrogen-bond donors (Lipinski definition) is 1. The third-order valence-electron chi connectivity index (χ3n) is 4.44. The Morgan fingerprint density at radius 3 is 2.52 bits per heavy atom. The van der Waals surface area contributed by atoms with Gasteiger partial charge in [-0.25, -0.2) is 18.7 Å². The number of rotatable bonds is 2. The highest BCUT2D eigenvalue weighted by Gasteiger charge is 2.25. The van der Waals surface area contributed by atoms with Crippen LogP contribution in [0.3, 0.4) is 0 Å². The van der Waals surface area contributed by atoms with Gasteiger partial charge in [0, 0.05) is 50.9 Å². The number of benzene rings is 1. The summed E-state index contributed by atoms with van der Waals surface area (Å²) in [5.74, 6) is -0.0845. The van der Waals surface area contributed by atoms with Gasteiger partial charge in [0.15, 0.2) is 0 Å². The molecule has 1 N–H and O–H groups in total. The molecule has 4 rings (SSSR count). The Labute approximate surface area is 133 Å². The molecular formula is C16H17F2N5. The van der Waals surface area contributed by atoms with Crippen molar-refractivity contribution in [3.8, 4) is 0 Å². The molecule has 2 aromatic rings. The zero-order chi connectivity index (χ0) is 15.8. The molecule has 0 radical (unpaired) electrons. The van der Waals surface area contributed by atoms with Gasteiger partial charge in [-0.2, -0.15) is 0 Å². The van der Waals surface area contributed by atoms with Gasteiger partial charge in [-0.3, -0.25) is 0 Å². The van der Waals surface area contributed by atoms with Gasteiger partial charge in [0.05, 0.1) is 11.4 Å². The summed E-state index contributed by atoms with van der Waals surface area (Å²) in [7, 11) is 0. The van der Waals surface area contributed by atoms with Crippen LogP contribution in [0.1, 0.15) is 11.3 Å². The number of hydrogen-bond acceptors (Lipinski definition) is 5. The van der Waals surface area contributed by atoms with Crippen LogP contribution >= 0.6 is 0 Å². The van der Waals surface area contributed by atoms with Gasteiger partial charge < -0.3 is 15.1 Å². The van der Waals surface area contributed by atoms with E-state index in [1.165, 1.54) is 12.1 Å². The molecule has 23 heavy (non-hydrogen) atoms. The lowest BCUT2D eigenvalue weighted by molar-refractivity contribution is 0.569. The molecule has 1 aromatic heterocycles. The molecule has 1 saturated heterocycles. The second kappa shape index (κ2) is 5.73. The molecule has 0 atom stereocenters. The van der Waals surface area contributed by atoms with Gasteiger partial charge in [0.25, 0.3) is 0 Å². The standard InChI is InChI=1S/C16H17F2N5/c17-11-1-2-15(13(18)7-11)22-3-5-23(6-4-22)16-12-8-19-9-14(12)20-10-21-16/h1-2,7,10,19H,3-6,8-9H2. The molecule has 5 nitrogen and oxygen atoms in total. The molecule has 3 heterocycles. The lowest BCUT2D eigenvalue weighted by Crippen LogP contribution is -2.47. The second-order valence-electron chi connectivity index (χ2n) is 5.80. The predicted molar refractivity (Wildman–Crippen MR) is 83.4 cm³/mol. The Hall–Kier alpha value is -2.28. The van der Waals surface area contributed by atoms with E-state index in [0.717, 1.165) is 49.3 Å². The normalized spacial score (nSPS) is 17.5. The summed E-state index contributed by atoms with van der Waals surface area (Å²) in [6.45, 7) is 4.42. The summed E-state index contributed by atoms with van der Waals surface area (Å²) >= 11 is 0. The van der Waals surface area contributed by atoms with E-state index in [1.54, 1.807) is 6.33 Å². The van der Waals surface area contributed by atoms with E-state index < -0.39 is 11.6 Å². The summed E-state index contributed by atoms with van der Waals surface area (Å²) in [5, 5.41) is 3.29. The molecule has 2 aliphatic rings. The van der Waals surface area contributed by atoms with Gasteiger partial charge in [0.1, 0.15) is 23.8 Å². The maximum atomic E-state index is 13.9. The second-order valence-corrected chi connectivity index (χ2v) is 5.80. The minimum Gasteiger partial charge on any atom is -0.366 e. The lowest BCUT2D eigenvalue weighted by Gasteiger charge is -2.37. The van der Waals surface area contributed by atoms with Crippen LogP contribution in [0.25, 0.3) is 0 Å². The van der Waals surface area contributed by atoms with Crippen LogP contribution in [0.5, 0.6) is 0 Å². The number of halogens is 2. The van der Waals surface area contributed by atoms with E-state index in [1.807, 2.05) is 4.90 Å². The molecule has 1 aromatic carbocycles. The van der Waals surface area contributed by atoms with Gasteiger partial charge in [-0.15, -0.1) is 0 Å². The first-order valence-corrected chi connectivity index (χ1v) is 7.71. The quantitative estimate of drug-likeness (QED) is 0.913. The van der Waals surface area contributed by atoms with Crippen molar-refractivity contribution in [2.75, 3.05) is 36.0 Å². The summed E-state index contributed by atoms with van der Waals surface area (Å²) in [5.41, 5.74) is 2.68. The van der Waals surface area contributed by atoms with Crippen LogP contribution in [0.15, 0.2) is 24.5 Å². The van der Waals surface area contributed by atoms with Gasteiger partial charge in [-0.05, 0) is 12.1 Å². The molecule has 0 saturated carbocycles. The van der Waals surface area contributed by atoms with Crippen molar-refractivity contribution in [1.29, 1.82) is 0 Å². The number of nitrogens with one attached hydrogen (secondary N) is 1. The van der Waals surface area contributed by atoms with E-state index in [4.69, 9.17) is 0 Å². The molecule has 7 heteroatoms. The van der Waals surface area contributed by atoms with E-state index >= 15 is 0 Å². The van der Waals surface area contributed by atoms with Crippen molar-refractivity contribution in [2.45, 2.75) is 13.1 Å². The third-order valence-corrected chi connectivity index (χ3v) is 4.44. The van der Waals surface area contributed by atoms with Crippen LogP contribution in [-0.4, -0.2) is 36.1 Å². The first-order valence-electron chi connectivity index (χ1n) is 7.71. The molecular weight excluding hydrogens is 300 g/mol. The Bertz CT molecular complexity index is 728. The number of anilines is 2. The van der Waals surface area contributed by atoms with Crippen molar-refractivity contribution in [2.24, 2.45) is 0 Å². The number of piperazine rings is 1. The van der Waals surface area contributed by atoms with E-state index in [2.05, 4.69) is 20.2 Å². The highest BCUT2D eigenvalue weighted by molar-refractivity contribution is 5.54. The van der Waals surface area contributed by atoms with E-state index in [9.17, 15) is 8.78 Å². The summed E-state index contributed by atoms with van der Waals surface area (Å²) in [6, 6.07) is 3.74.